The molecule has 5 heteroatoms. The number of hydrogen-bond donors (Lipinski definition) is 1. The number of piperidine rings is 1. The minimum atomic E-state index is -3.50. The first kappa shape index (κ1) is 20.1. The first-order valence-corrected chi connectivity index (χ1v) is 11.9. The summed E-state index contributed by atoms with van der Waals surface area (Å²) < 4.78 is 28.3. The van der Waals surface area contributed by atoms with E-state index >= 15 is 0 Å². The molecule has 3 aromatic rings. The summed E-state index contributed by atoms with van der Waals surface area (Å²) >= 11 is 0. The summed E-state index contributed by atoms with van der Waals surface area (Å²) in [6.45, 7) is 3.55. The Hall–Kier alpha value is -2.21. The van der Waals surface area contributed by atoms with Crippen LogP contribution in [-0.2, 0) is 10.0 Å². The summed E-state index contributed by atoms with van der Waals surface area (Å²) in [5.74, 6) is 0.650. The van der Waals surface area contributed by atoms with Gasteiger partial charge in [0.05, 0.1) is 4.90 Å². The minimum Gasteiger partial charge on any atom is -0.303 e. The van der Waals surface area contributed by atoms with Crippen LogP contribution in [0.25, 0.3) is 10.8 Å². The van der Waals surface area contributed by atoms with E-state index in [1.54, 1.807) is 12.1 Å². The molecular weight excluding hydrogens is 380 g/mol. The number of hydrogen-bond acceptors (Lipinski definition) is 3. The Morgan fingerprint density at radius 2 is 1.55 bits per heavy atom. The van der Waals surface area contributed by atoms with E-state index in [4.69, 9.17) is 0 Å². The fraction of sp³-hybridized carbons (Fsp3) is 0.333. The molecule has 0 spiro atoms. The number of fused-ring (bicyclic) bond motifs is 1. The van der Waals surface area contributed by atoms with Crippen molar-refractivity contribution in [1.82, 2.24) is 9.62 Å². The number of nitrogens with one attached hydrogen (secondary N) is 1. The van der Waals surface area contributed by atoms with Gasteiger partial charge in [0.1, 0.15) is 0 Å². The lowest BCUT2D eigenvalue weighted by Crippen LogP contribution is -2.35. The first-order valence-electron chi connectivity index (χ1n) is 10.4. The molecule has 0 bridgehead atoms. The van der Waals surface area contributed by atoms with Crippen molar-refractivity contribution in [2.24, 2.45) is 0 Å². The van der Waals surface area contributed by atoms with Gasteiger partial charge in [0.2, 0.25) is 10.0 Å². The van der Waals surface area contributed by atoms with Gasteiger partial charge in [-0.15, -0.1) is 0 Å². The molecule has 0 amide bonds. The Morgan fingerprint density at radius 1 is 0.862 bits per heavy atom. The van der Waals surface area contributed by atoms with E-state index in [1.165, 1.54) is 18.4 Å². The maximum atomic E-state index is 12.8. The predicted molar refractivity (Wildman–Crippen MR) is 119 cm³/mol. The molecule has 152 valence electrons. The topological polar surface area (TPSA) is 49.4 Å². The third-order valence-corrected chi connectivity index (χ3v) is 7.36. The largest absolute Gasteiger partial charge is 0.303 e. The van der Waals surface area contributed by atoms with E-state index in [-0.39, 0.29) is 0 Å². The molecule has 0 radical (unpaired) electrons. The SMILES string of the molecule is O=S(=O)(NCCCN1CCC(c2ccccc2)CC1)c1cccc2ccccc12. The molecule has 0 atom stereocenters. The zero-order chi connectivity index (χ0) is 20.1. The van der Waals surface area contributed by atoms with Gasteiger partial charge in [0, 0.05) is 11.9 Å². The Kier molecular flexibility index (Phi) is 6.28. The van der Waals surface area contributed by atoms with Gasteiger partial charge >= 0.3 is 0 Å². The highest BCUT2D eigenvalue weighted by Gasteiger charge is 2.20. The van der Waals surface area contributed by atoms with Crippen LogP contribution in [0.4, 0.5) is 0 Å². The molecule has 29 heavy (non-hydrogen) atoms. The lowest BCUT2D eigenvalue weighted by Gasteiger charge is -2.32. The molecule has 0 aliphatic carbocycles. The van der Waals surface area contributed by atoms with Gasteiger partial charge in [-0.25, -0.2) is 13.1 Å². The fourth-order valence-electron chi connectivity index (χ4n) is 4.23. The van der Waals surface area contributed by atoms with E-state index in [0.29, 0.717) is 17.4 Å². The molecule has 0 aromatic heterocycles. The van der Waals surface area contributed by atoms with Crippen LogP contribution in [-0.4, -0.2) is 39.5 Å². The molecule has 3 aromatic carbocycles. The van der Waals surface area contributed by atoms with Crippen LogP contribution in [0.15, 0.2) is 77.7 Å². The van der Waals surface area contributed by atoms with E-state index in [2.05, 4.69) is 40.0 Å². The Morgan fingerprint density at radius 3 is 2.34 bits per heavy atom. The Balaban J connectivity index is 1.26. The summed E-state index contributed by atoms with van der Waals surface area (Å²) in [6.07, 6.45) is 3.16. The third kappa shape index (κ3) is 4.86. The summed E-state index contributed by atoms with van der Waals surface area (Å²) in [6, 6.07) is 23.8. The molecule has 1 fully saturated rings. The van der Waals surface area contributed by atoms with Gasteiger partial charge in [-0.2, -0.15) is 0 Å². The van der Waals surface area contributed by atoms with Crippen molar-refractivity contribution in [2.75, 3.05) is 26.2 Å². The van der Waals surface area contributed by atoms with Crippen LogP contribution in [0.1, 0.15) is 30.7 Å². The maximum Gasteiger partial charge on any atom is 0.241 e. The highest BCUT2D eigenvalue weighted by atomic mass is 32.2. The normalized spacial score (nSPS) is 16.3. The summed E-state index contributed by atoms with van der Waals surface area (Å²) in [7, 11) is -3.50. The highest BCUT2D eigenvalue weighted by Crippen LogP contribution is 2.27. The van der Waals surface area contributed by atoms with Gasteiger partial charge in [0.15, 0.2) is 0 Å². The van der Waals surface area contributed by atoms with Gasteiger partial charge in [-0.05, 0) is 61.8 Å². The molecule has 1 heterocycles. The number of sulfonamides is 1. The first-order chi connectivity index (χ1) is 14.1. The molecule has 1 saturated heterocycles. The standard InChI is InChI=1S/C24H28N2O2S/c27-29(28,24-13-6-11-22-10-4-5-12-23(22)24)25-16-7-17-26-18-14-21(15-19-26)20-8-2-1-3-9-20/h1-6,8-13,21,25H,7,14-19H2. The van der Waals surface area contributed by atoms with E-state index in [0.717, 1.165) is 36.8 Å². The predicted octanol–water partition coefficient (Wildman–Crippen LogP) is 4.39. The summed E-state index contributed by atoms with van der Waals surface area (Å²) in [5.41, 5.74) is 1.44. The molecule has 1 aliphatic heterocycles. The van der Waals surface area contributed by atoms with Crippen LogP contribution in [0.5, 0.6) is 0 Å². The smallest absolute Gasteiger partial charge is 0.241 e. The van der Waals surface area contributed by atoms with Crippen molar-refractivity contribution < 1.29 is 8.42 Å². The van der Waals surface area contributed by atoms with E-state index in [9.17, 15) is 8.42 Å². The molecule has 1 N–H and O–H groups in total. The van der Waals surface area contributed by atoms with Crippen molar-refractivity contribution in [3.05, 3.63) is 78.4 Å². The molecular formula is C24H28N2O2S. The van der Waals surface area contributed by atoms with Gasteiger partial charge < -0.3 is 4.90 Å². The Labute approximate surface area is 173 Å². The third-order valence-electron chi connectivity index (χ3n) is 5.84. The van der Waals surface area contributed by atoms with Crippen molar-refractivity contribution in [3.63, 3.8) is 0 Å². The highest BCUT2D eigenvalue weighted by molar-refractivity contribution is 7.89. The lowest BCUT2D eigenvalue weighted by atomic mass is 9.89. The van der Waals surface area contributed by atoms with Crippen LogP contribution < -0.4 is 4.72 Å². The molecule has 1 aliphatic rings. The van der Waals surface area contributed by atoms with Crippen molar-refractivity contribution in [3.8, 4) is 0 Å². The zero-order valence-corrected chi connectivity index (χ0v) is 17.4. The van der Waals surface area contributed by atoms with Crippen LogP contribution >= 0.6 is 0 Å². The second kappa shape index (κ2) is 9.08. The quantitative estimate of drug-likeness (QED) is 0.590. The van der Waals surface area contributed by atoms with Crippen LogP contribution in [0.2, 0.25) is 0 Å². The van der Waals surface area contributed by atoms with Crippen LogP contribution in [0, 0.1) is 0 Å². The van der Waals surface area contributed by atoms with Crippen LogP contribution in [0.3, 0.4) is 0 Å². The fourth-order valence-corrected chi connectivity index (χ4v) is 5.53. The van der Waals surface area contributed by atoms with E-state index < -0.39 is 10.0 Å². The van der Waals surface area contributed by atoms with Gasteiger partial charge in [-0.3, -0.25) is 0 Å². The van der Waals surface area contributed by atoms with Crippen molar-refractivity contribution in [2.45, 2.75) is 30.1 Å². The maximum absolute atomic E-state index is 12.8. The van der Waals surface area contributed by atoms with Gasteiger partial charge in [-0.1, -0.05) is 66.7 Å². The summed E-state index contributed by atoms with van der Waals surface area (Å²) in [4.78, 5) is 2.81. The lowest BCUT2D eigenvalue weighted by molar-refractivity contribution is 0.210. The second-order valence-corrected chi connectivity index (χ2v) is 9.49. The minimum absolute atomic E-state index is 0.360. The second-order valence-electron chi connectivity index (χ2n) is 7.76. The monoisotopic (exact) mass is 408 g/mol. The average Bonchev–Trinajstić information content (AvgIpc) is 2.77. The Bertz CT molecular complexity index is 1040. The number of benzene rings is 3. The zero-order valence-electron chi connectivity index (χ0n) is 16.6. The number of likely N-dealkylation sites (tertiary alicyclic amines) is 1. The van der Waals surface area contributed by atoms with Gasteiger partial charge in [0.25, 0.3) is 0 Å². The average molecular weight is 409 g/mol. The molecule has 0 saturated carbocycles. The number of nitrogens with zero attached hydrogens (tertiary/aromatic N) is 1. The molecule has 4 rings (SSSR count). The summed E-state index contributed by atoms with van der Waals surface area (Å²) in [5, 5.41) is 1.71. The number of rotatable bonds is 7. The van der Waals surface area contributed by atoms with E-state index in [1.807, 2.05) is 30.3 Å². The van der Waals surface area contributed by atoms with Crippen molar-refractivity contribution >= 4 is 20.8 Å². The molecule has 0 unspecified atom stereocenters. The molecule has 4 nitrogen and oxygen atoms in total. The van der Waals surface area contributed by atoms with Crippen molar-refractivity contribution in [1.29, 1.82) is 0 Å².